The molecule has 1 rings (SSSR count). The molecule has 0 atom stereocenters. The van der Waals surface area contributed by atoms with Crippen LogP contribution in [-0.2, 0) is 6.54 Å². The summed E-state index contributed by atoms with van der Waals surface area (Å²) in [6, 6.07) is 4.21. The van der Waals surface area contributed by atoms with Gasteiger partial charge in [-0.2, -0.15) is 0 Å². The van der Waals surface area contributed by atoms with Gasteiger partial charge in [0.2, 0.25) is 0 Å². The summed E-state index contributed by atoms with van der Waals surface area (Å²) in [7, 11) is 1.84. The van der Waals surface area contributed by atoms with Gasteiger partial charge in [0, 0.05) is 23.5 Å². The molecule has 0 N–H and O–H groups in total. The molecule has 0 aliphatic heterocycles. The standard InChI is InChI=1S/C12H16ClF2N/c1-12(2,8-13)16(3)7-9-5-4-6-10(14)11(9)15/h4-6H,7-8H2,1-3H3. The van der Waals surface area contributed by atoms with Crippen LogP contribution in [0, 0.1) is 11.6 Å². The first-order valence-corrected chi connectivity index (χ1v) is 5.62. The van der Waals surface area contributed by atoms with Gasteiger partial charge in [0.1, 0.15) is 0 Å². The molecule has 0 radical (unpaired) electrons. The van der Waals surface area contributed by atoms with E-state index in [-0.39, 0.29) is 5.54 Å². The minimum atomic E-state index is -0.811. The number of alkyl halides is 1. The van der Waals surface area contributed by atoms with Gasteiger partial charge in [0.15, 0.2) is 11.6 Å². The zero-order valence-corrected chi connectivity index (χ0v) is 10.5. The Morgan fingerprint density at radius 3 is 2.50 bits per heavy atom. The summed E-state index contributed by atoms with van der Waals surface area (Å²) >= 11 is 5.82. The van der Waals surface area contributed by atoms with Crippen molar-refractivity contribution in [2.45, 2.75) is 25.9 Å². The van der Waals surface area contributed by atoms with Gasteiger partial charge >= 0.3 is 0 Å². The largest absolute Gasteiger partial charge is 0.296 e. The van der Waals surface area contributed by atoms with Crippen molar-refractivity contribution in [3.05, 3.63) is 35.4 Å². The molecule has 0 saturated heterocycles. The Bertz CT molecular complexity index is 366. The van der Waals surface area contributed by atoms with Crippen LogP contribution >= 0.6 is 11.6 Å². The molecule has 0 aliphatic rings. The highest BCUT2D eigenvalue weighted by molar-refractivity contribution is 6.18. The average molecular weight is 248 g/mol. The van der Waals surface area contributed by atoms with Crippen molar-refractivity contribution < 1.29 is 8.78 Å². The molecule has 0 saturated carbocycles. The van der Waals surface area contributed by atoms with Crippen LogP contribution in [0.3, 0.4) is 0 Å². The molecule has 1 aromatic carbocycles. The summed E-state index contributed by atoms with van der Waals surface area (Å²) in [5.74, 6) is -1.16. The molecule has 0 aliphatic carbocycles. The molecular weight excluding hydrogens is 232 g/mol. The molecule has 0 fully saturated rings. The molecular formula is C12H16ClF2N. The Balaban J connectivity index is 2.85. The van der Waals surface area contributed by atoms with E-state index in [0.29, 0.717) is 18.0 Å². The van der Waals surface area contributed by atoms with Gasteiger partial charge < -0.3 is 0 Å². The molecule has 0 bridgehead atoms. The van der Waals surface area contributed by atoms with Crippen molar-refractivity contribution in [1.82, 2.24) is 4.90 Å². The van der Waals surface area contributed by atoms with Crippen molar-refractivity contribution in [3.63, 3.8) is 0 Å². The molecule has 16 heavy (non-hydrogen) atoms. The lowest BCUT2D eigenvalue weighted by atomic mass is 10.1. The van der Waals surface area contributed by atoms with Crippen LogP contribution in [0.1, 0.15) is 19.4 Å². The fourth-order valence-electron chi connectivity index (χ4n) is 1.24. The summed E-state index contributed by atoms with van der Waals surface area (Å²) in [6.07, 6.45) is 0. The van der Waals surface area contributed by atoms with E-state index in [1.54, 1.807) is 6.07 Å². The Hall–Kier alpha value is -0.670. The molecule has 1 aromatic rings. The lowest BCUT2D eigenvalue weighted by Crippen LogP contribution is -2.42. The summed E-state index contributed by atoms with van der Waals surface area (Å²) in [4.78, 5) is 1.90. The summed E-state index contributed by atoms with van der Waals surface area (Å²) in [6.45, 7) is 4.25. The second kappa shape index (κ2) is 5.11. The first-order valence-electron chi connectivity index (χ1n) is 5.08. The third kappa shape index (κ3) is 2.92. The van der Waals surface area contributed by atoms with Crippen LogP contribution in [0.4, 0.5) is 8.78 Å². The fraction of sp³-hybridized carbons (Fsp3) is 0.500. The van der Waals surface area contributed by atoms with E-state index in [1.165, 1.54) is 6.07 Å². The van der Waals surface area contributed by atoms with Gasteiger partial charge in [-0.05, 0) is 27.0 Å². The minimum absolute atomic E-state index is 0.250. The summed E-state index contributed by atoms with van der Waals surface area (Å²) in [5, 5.41) is 0. The Morgan fingerprint density at radius 2 is 1.94 bits per heavy atom. The first-order chi connectivity index (χ1) is 7.38. The lowest BCUT2D eigenvalue weighted by molar-refractivity contribution is 0.168. The zero-order chi connectivity index (χ0) is 12.3. The van der Waals surface area contributed by atoms with E-state index in [2.05, 4.69) is 0 Å². The van der Waals surface area contributed by atoms with Crippen molar-refractivity contribution in [3.8, 4) is 0 Å². The predicted molar refractivity (Wildman–Crippen MR) is 62.6 cm³/mol. The van der Waals surface area contributed by atoms with E-state index < -0.39 is 11.6 Å². The maximum absolute atomic E-state index is 13.4. The van der Waals surface area contributed by atoms with E-state index in [1.807, 2.05) is 25.8 Å². The number of hydrogen-bond donors (Lipinski definition) is 0. The fourth-order valence-corrected chi connectivity index (χ4v) is 1.45. The number of nitrogens with zero attached hydrogens (tertiary/aromatic N) is 1. The first kappa shape index (κ1) is 13.4. The van der Waals surface area contributed by atoms with Gasteiger partial charge in [-0.3, -0.25) is 4.90 Å². The molecule has 1 nitrogen and oxygen atoms in total. The highest BCUT2D eigenvalue weighted by atomic mass is 35.5. The van der Waals surface area contributed by atoms with Gasteiger partial charge in [-0.1, -0.05) is 12.1 Å². The van der Waals surface area contributed by atoms with Crippen LogP contribution in [0.2, 0.25) is 0 Å². The van der Waals surface area contributed by atoms with E-state index in [4.69, 9.17) is 11.6 Å². The highest BCUT2D eigenvalue weighted by Crippen LogP contribution is 2.19. The Kier molecular flexibility index (Phi) is 4.28. The van der Waals surface area contributed by atoms with Gasteiger partial charge in [-0.25, -0.2) is 8.78 Å². The van der Waals surface area contributed by atoms with Crippen molar-refractivity contribution >= 4 is 11.6 Å². The van der Waals surface area contributed by atoms with E-state index in [9.17, 15) is 8.78 Å². The van der Waals surface area contributed by atoms with Crippen molar-refractivity contribution in [1.29, 1.82) is 0 Å². The summed E-state index contributed by atoms with van der Waals surface area (Å²) < 4.78 is 26.4. The molecule has 0 heterocycles. The molecule has 0 amide bonds. The van der Waals surface area contributed by atoms with Crippen molar-refractivity contribution in [2.75, 3.05) is 12.9 Å². The maximum Gasteiger partial charge on any atom is 0.163 e. The number of halogens is 3. The molecule has 4 heteroatoms. The minimum Gasteiger partial charge on any atom is -0.296 e. The SMILES string of the molecule is CN(Cc1cccc(F)c1F)C(C)(C)CCl. The van der Waals surface area contributed by atoms with Gasteiger partial charge in [0.05, 0.1) is 0 Å². The number of rotatable bonds is 4. The Morgan fingerprint density at radius 1 is 1.31 bits per heavy atom. The summed E-state index contributed by atoms with van der Waals surface area (Å²) in [5.41, 5.74) is 0.0982. The quantitative estimate of drug-likeness (QED) is 0.737. The molecule has 90 valence electrons. The topological polar surface area (TPSA) is 3.24 Å². The second-order valence-electron chi connectivity index (χ2n) is 4.52. The molecule has 0 aromatic heterocycles. The van der Waals surface area contributed by atoms with Crippen molar-refractivity contribution in [2.24, 2.45) is 0 Å². The van der Waals surface area contributed by atoms with E-state index >= 15 is 0 Å². The molecule has 0 unspecified atom stereocenters. The van der Waals surface area contributed by atoms with E-state index in [0.717, 1.165) is 6.07 Å². The van der Waals surface area contributed by atoms with Crippen LogP contribution in [0.5, 0.6) is 0 Å². The van der Waals surface area contributed by atoms with Crippen LogP contribution in [0.15, 0.2) is 18.2 Å². The zero-order valence-electron chi connectivity index (χ0n) is 9.73. The third-order valence-corrected chi connectivity index (χ3v) is 3.45. The molecule has 0 spiro atoms. The second-order valence-corrected chi connectivity index (χ2v) is 4.78. The predicted octanol–water partition coefficient (Wildman–Crippen LogP) is 3.41. The number of benzene rings is 1. The van der Waals surface area contributed by atoms with Crippen LogP contribution < -0.4 is 0 Å². The number of hydrogen-bond acceptors (Lipinski definition) is 1. The smallest absolute Gasteiger partial charge is 0.163 e. The Labute approximate surface area is 100 Å². The maximum atomic E-state index is 13.4. The van der Waals surface area contributed by atoms with Gasteiger partial charge in [0.25, 0.3) is 0 Å². The monoisotopic (exact) mass is 247 g/mol. The normalized spacial score (nSPS) is 12.2. The van der Waals surface area contributed by atoms with Crippen LogP contribution in [0.25, 0.3) is 0 Å². The third-order valence-electron chi connectivity index (χ3n) is 2.80. The van der Waals surface area contributed by atoms with Crippen LogP contribution in [-0.4, -0.2) is 23.4 Å². The van der Waals surface area contributed by atoms with Gasteiger partial charge in [-0.15, -0.1) is 11.6 Å². The highest BCUT2D eigenvalue weighted by Gasteiger charge is 2.23. The average Bonchev–Trinajstić information content (AvgIpc) is 2.24. The lowest BCUT2D eigenvalue weighted by Gasteiger charge is -2.33.